The maximum absolute atomic E-state index is 14.1. The highest BCUT2D eigenvalue weighted by Crippen LogP contribution is 2.26. The molecule has 3 aromatic heterocycles. The third-order valence-corrected chi connectivity index (χ3v) is 6.27. The summed E-state index contributed by atoms with van der Waals surface area (Å²) in [4.78, 5) is 17.0. The van der Waals surface area contributed by atoms with Gasteiger partial charge in [-0.05, 0) is 56.7 Å². The van der Waals surface area contributed by atoms with Crippen molar-refractivity contribution in [3.8, 4) is 17.1 Å². The maximum atomic E-state index is 14.1. The zero-order valence-corrected chi connectivity index (χ0v) is 18.6. The van der Waals surface area contributed by atoms with Gasteiger partial charge in [-0.25, -0.2) is 4.39 Å². The van der Waals surface area contributed by atoms with Crippen LogP contribution in [0.4, 0.5) is 4.39 Å². The van der Waals surface area contributed by atoms with Gasteiger partial charge in [-0.2, -0.15) is 0 Å². The molecule has 3 heterocycles. The van der Waals surface area contributed by atoms with Crippen molar-refractivity contribution in [2.24, 2.45) is 7.05 Å². The summed E-state index contributed by atoms with van der Waals surface area (Å²) in [7, 11) is 1.88. The number of hydrogen-bond acceptors (Lipinski definition) is 5. The van der Waals surface area contributed by atoms with Crippen LogP contribution >= 0.6 is 11.8 Å². The zero-order chi connectivity index (χ0) is 22.1. The van der Waals surface area contributed by atoms with Gasteiger partial charge in [-0.15, -0.1) is 10.2 Å². The van der Waals surface area contributed by atoms with Crippen molar-refractivity contribution < 1.29 is 9.18 Å². The average Bonchev–Trinajstić information content (AvgIpc) is 3.28. The van der Waals surface area contributed by atoms with Crippen LogP contribution in [-0.2, 0) is 7.05 Å². The van der Waals surface area contributed by atoms with Crippen LogP contribution in [0.15, 0.2) is 53.9 Å². The van der Waals surface area contributed by atoms with Crippen LogP contribution in [0.3, 0.4) is 0 Å². The van der Waals surface area contributed by atoms with Gasteiger partial charge >= 0.3 is 0 Å². The topological polar surface area (TPSA) is 65.6 Å². The summed E-state index contributed by atoms with van der Waals surface area (Å²) in [5.74, 6) is 0.678. The highest BCUT2D eigenvalue weighted by molar-refractivity contribution is 7.99. The molecule has 0 bridgehead atoms. The number of carbonyl (C=O) groups excluding carboxylic acids is 1. The summed E-state index contributed by atoms with van der Waals surface area (Å²) in [6.45, 7) is 5.53. The highest BCUT2D eigenvalue weighted by Gasteiger charge is 2.19. The van der Waals surface area contributed by atoms with E-state index < -0.39 is 0 Å². The van der Waals surface area contributed by atoms with Gasteiger partial charge in [0, 0.05) is 47.6 Å². The molecular weight excluding hydrogens is 413 g/mol. The fourth-order valence-corrected chi connectivity index (χ4v) is 4.36. The molecule has 0 spiro atoms. The summed E-state index contributed by atoms with van der Waals surface area (Å²) in [5, 5.41) is 9.13. The number of rotatable bonds is 6. The van der Waals surface area contributed by atoms with Crippen molar-refractivity contribution in [3.05, 3.63) is 77.1 Å². The first-order chi connectivity index (χ1) is 14.9. The van der Waals surface area contributed by atoms with E-state index in [-0.39, 0.29) is 17.4 Å². The highest BCUT2D eigenvalue weighted by atomic mass is 32.2. The monoisotopic (exact) mass is 435 g/mol. The molecule has 0 saturated heterocycles. The number of thioether (sulfide) groups is 1. The molecule has 8 heteroatoms. The van der Waals surface area contributed by atoms with E-state index in [1.165, 1.54) is 17.8 Å². The van der Waals surface area contributed by atoms with Gasteiger partial charge in [-0.1, -0.05) is 17.8 Å². The predicted octanol–water partition coefficient (Wildman–Crippen LogP) is 4.71. The number of benzene rings is 1. The number of aromatic nitrogens is 5. The molecule has 0 saturated carbocycles. The Morgan fingerprint density at radius 3 is 2.52 bits per heavy atom. The molecule has 0 aliphatic rings. The Hall–Kier alpha value is -3.26. The standard InChI is InChI=1S/C23H22FN5OS/c1-14-5-6-18(12-20(14)24)29-15(2)11-19(16(29)3)21(30)13-31-23-27-26-22(28(23)4)17-7-9-25-10-8-17/h5-12H,13H2,1-4H3. The van der Waals surface area contributed by atoms with E-state index in [0.29, 0.717) is 22.0 Å². The third-order valence-electron chi connectivity index (χ3n) is 5.25. The number of carbonyl (C=O) groups is 1. The molecule has 0 amide bonds. The molecule has 0 fully saturated rings. The lowest BCUT2D eigenvalue weighted by Gasteiger charge is -2.11. The number of halogens is 1. The maximum Gasteiger partial charge on any atom is 0.191 e. The Kier molecular flexibility index (Phi) is 5.73. The van der Waals surface area contributed by atoms with Crippen LogP contribution in [0.25, 0.3) is 17.1 Å². The van der Waals surface area contributed by atoms with Gasteiger partial charge in [0.15, 0.2) is 16.8 Å². The van der Waals surface area contributed by atoms with E-state index in [1.807, 2.05) is 54.3 Å². The normalized spacial score (nSPS) is 11.1. The molecule has 31 heavy (non-hydrogen) atoms. The van der Waals surface area contributed by atoms with Crippen molar-refractivity contribution in [1.82, 2.24) is 24.3 Å². The molecule has 0 unspecified atom stereocenters. The predicted molar refractivity (Wildman–Crippen MR) is 119 cm³/mol. The zero-order valence-electron chi connectivity index (χ0n) is 17.8. The van der Waals surface area contributed by atoms with Crippen molar-refractivity contribution in [3.63, 3.8) is 0 Å². The van der Waals surface area contributed by atoms with E-state index in [4.69, 9.17) is 0 Å². The first kappa shape index (κ1) is 21.0. The van der Waals surface area contributed by atoms with E-state index in [1.54, 1.807) is 25.4 Å². The number of pyridine rings is 1. The van der Waals surface area contributed by atoms with Crippen LogP contribution in [0.1, 0.15) is 27.3 Å². The smallest absolute Gasteiger partial charge is 0.191 e. The first-order valence-electron chi connectivity index (χ1n) is 9.78. The fraction of sp³-hybridized carbons (Fsp3) is 0.217. The molecule has 0 aliphatic carbocycles. The molecule has 0 aliphatic heterocycles. The van der Waals surface area contributed by atoms with E-state index in [9.17, 15) is 9.18 Å². The second-order valence-electron chi connectivity index (χ2n) is 7.37. The number of hydrogen-bond donors (Lipinski definition) is 0. The van der Waals surface area contributed by atoms with Crippen LogP contribution in [0, 0.1) is 26.6 Å². The van der Waals surface area contributed by atoms with Gasteiger partial charge in [0.05, 0.1) is 5.75 Å². The SMILES string of the molecule is Cc1ccc(-n2c(C)cc(C(=O)CSc3nnc(-c4ccncc4)n3C)c2C)cc1F. The first-order valence-corrected chi connectivity index (χ1v) is 10.8. The molecule has 1 aromatic carbocycles. The third kappa shape index (κ3) is 4.03. The van der Waals surface area contributed by atoms with E-state index >= 15 is 0 Å². The number of nitrogens with zero attached hydrogens (tertiary/aromatic N) is 5. The summed E-state index contributed by atoms with van der Waals surface area (Å²) < 4.78 is 17.8. The second kappa shape index (κ2) is 8.47. The molecule has 158 valence electrons. The number of Topliss-reactive ketones (excluding diaryl/α,β-unsaturated/α-hetero) is 1. The van der Waals surface area contributed by atoms with Gasteiger partial charge in [0.2, 0.25) is 0 Å². The molecule has 4 aromatic rings. The Bertz CT molecular complexity index is 1260. The van der Waals surface area contributed by atoms with Crippen molar-refractivity contribution in [1.29, 1.82) is 0 Å². The minimum atomic E-state index is -0.263. The summed E-state index contributed by atoms with van der Waals surface area (Å²) in [6.07, 6.45) is 3.41. The van der Waals surface area contributed by atoms with Gasteiger partial charge in [-0.3, -0.25) is 9.78 Å². The Morgan fingerprint density at radius 2 is 1.81 bits per heavy atom. The van der Waals surface area contributed by atoms with Crippen LogP contribution in [-0.4, -0.2) is 35.9 Å². The van der Waals surface area contributed by atoms with E-state index in [2.05, 4.69) is 15.2 Å². The van der Waals surface area contributed by atoms with Crippen molar-refractivity contribution in [2.45, 2.75) is 25.9 Å². The lowest BCUT2D eigenvalue weighted by molar-refractivity contribution is 0.102. The molecule has 0 radical (unpaired) electrons. The Morgan fingerprint density at radius 1 is 1.06 bits per heavy atom. The summed E-state index contributed by atoms with van der Waals surface area (Å²) in [6, 6.07) is 10.7. The summed E-state index contributed by atoms with van der Waals surface area (Å²) >= 11 is 1.34. The number of ketones is 1. The minimum Gasteiger partial charge on any atom is -0.318 e. The Labute approximate surface area is 184 Å². The molecule has 6 nitrogen and oxygen atoms in total. The lowest BCUT2D eigenvalue weighted by Crippen LogP contribution is -2.07. The van der Waals surface area contributed by atoms with Crippen LogP contribution < -0.4 is 0 Å². The summed E-state index contributed by atoms with van der Waals surface area (Å²) in [5.41, 5.74) is 4.52. The van der Waals surface area contributed by atoms with Crippen molar-refractivity contribution >= 4 is 17.5 Å². The van der Waals surface area contributed by atoms with Gasteiger partial charge in [0.1, 0.15) is 5.82 Å². The molecule has 4 rings (SSSR count). The van der Waals surface area contributed by atoms with Gasteiger partial charge in [0.25, 0.3) is 0 Å². The van der Waals surface area contributed by atoms with Crippen LogP contribution in [0.2, 0.25) is 0 Å². The largest absolute Gasteiger partial charge is 0.318 e. The Balaban J connectivity index is 1.54. The molecule has 0 atom stereocenters. The minimum absolute atomic E-state index is 0.00889. The molecular formula is C23H22FN5OS. The lowest BCUT2D eigenvalue weighted by atomic mass is 10.2. The quantitative estimate of drug-likeness (QED) is 0.324. The van der Waals surface area contributed by atoms with E-state index in [0.717, 1.165) is 22.8 Å². The average molecular weight is 436 g/mol. The fourth-order valence-electron chi connectivity index (χ4n) is 3.56. The van der Waals surface area contributed by atoms with Crippen LogP contribution in [0.5, 0.6) is 0 Å². The molecule has 0 N–H and O–H groups in total. The van der Waals surface area contributed by atoms with Crippen molar-refractivity contribution in [2.75, 3.05) is 5.75 Å². The number of aryl methyl sites for hydroxylation is 2. The second-order valence-corrected chi connectivity index (χ2v) is 8.31. The van der Waals surface area contributed by atoms with Gasteiger partial charge < -0.3 is 9.13 Å².